The highest BCUT2D eigenvalue weighted by Crippen LogP contribution is 2.31. The van der Waals surface area contributed by atoms with Crippen molar-refractivity contribution in [2.75, 3.05) is 11.1 Å². The van der Waals surface area contributed by atoms with Crippen LogP contribution in [0.15, 0.2) is 71.9 Å². The normalized spacial score (nSPS) is 12.3. The molecule has 208 valence electrons. The van der Waals surface area contributed by atoms with E-state index in [-0.39, 0.29) is 18.5 Å². The molecule has 0 radical (unpaired) electrons. The Morgan fingerprint density at radius 2 is 1.85 bits per heavy atom. The fourth-order valence-corrected chi connectivity index (χ4v) is 5.07. The van der Waals surface area contributed by atoms with E-state index in [1.165, 1.54) is 6.07 Å². The van der Waals surface area contributed by atoms with E-state index in [0.717, 1.165) is 57.3 Å². The van der Waals surface area contributed by atoms with Crippen LogP contribution in [0.25, 0.3) is 10.4 Å². The highest BCUT2D eigenvalue weighted by Gasteiger charge is 2.14. The van der Waals surface area contributed by atoms with Crippen molar-refractivity contribution in [2.45, 2.75) is 52.7 Å². The molecule has 2 aromatic carbocycles. The summed E-state index contributed by atoms with van der Waals surface area (Å²) in [6.07, 6.45) is 3.38. The number of nitrogen functional groups attached to an aromatic ring is 1. The number of nitrogens with two attached hydrogens (primary N) is 1. The number of nitrogens with one attached hydrogen (secondary N) is 2. The number of anilines is 2. The zero-order chi connectivity index (χ0) is 28.6. The summed E-state index contributed by atoms with van der Waals surface area (Å²) in [5, 5.41) is 6.00. The van der Waals surface area contributed by atoms with Crippen molar-refractivity contribution in [3.63, 3.8) is 0 Å². The first kappa shape index (κ1) is 28.9. The number of benzene rings is 2. The van der Waals surface area contributed by atoms with E-state index >= 15 is 0 Å². The number of amides is 1. The van der Waals surface area contributed by atoms with Gasteiger partial charge in [-0.05, 0) is 79.4 Å². The molecule has 4 aromatic rings. The molecule has 4 rings (SSSR count). The maximum atomic E-state index is 13.5. The van der Waals surface area contributed by atoms with Crippen molar-refractivity contribution in [2.24, 2.45) is 4.99 Å². The van der Waals surface area contributed by atoms with Gasteiger partial charge in [-0.25, -0.2) is 13.8 Å². The van der Waals surface area contributed by atoms with Crippen molar-refractivity contribution in [1.82, 2.24) is 10.3 Å². The van der Waals surface area contributed by atoms with Crippen LogP contribution in [0.4, 0.5) is 20.3 Å². The lowest BCUT2D eigenvalue weighted by molar-refractivity contribution is 0.0951. The van der Waals surface area contributed by atoms with Gasteiger partial charge in [0.2, 0.25) is 0 Å². The van der Waals surface area contributed by atoms with Gasteiger partial charge in [0, 0.05) is 45.5 Å². The predicted molar refractivity (Wildman–Crippen MR) is 160 cm³/mol. The number of aromatic nitrogens is 1. The fraction of sp³-hybridized carbons (Fsp3) is 0.258. The fourth-order valence-electron chi connectivity index (χ4n) is 4.12. The van der Waals surface area contributed by atoms with Gasteiger partial charge in [-0.3, -0.25) is 9.79 Å². The number of nitrogens with zero attached hydrogens (tertiary/aromatic N) is 2. The van der Waals surface area contributed by atoms with Crippen LogP contribution in [0.3, 0.4) is 0 Å². The zero-order valence-electron chi connectivity index (χ0n) is 22.8. The summed E-state index contributed by atoms with van der Waals surface area (Å²) in [5.74, 6) is -1.81. The molecule has 0 aliphatic heterocycles. The van der Waals surface area contributed by atoms with Crippen molar-refractivity contribution < 1.29 is 13.6 Å². The second-order valence-corrected chi connectivity index (χ2v) is 10.6. The molecule has 0 saturated carbocycles. The Bertz CT molecular complexity index is 1520. The van der Waals surface area contributed by atoms with Crippen LogP contribution in [0, 0.1) is 11.6 Å². The molecule has 1 amide bonds. The Balaban J connectivity index is 1.45. The van der Waals surface area contributed by atoms with E-state index in [4.69, 9.17) is 10.7 Å². The van der Waals surface area contributed by atoms with E-state index in [1.807, 2.05) is 18.2 Å². The Morgan fingerprint density at radius 1 is 1.02 bits per heavy atom. The van der Waals surface area contributed by atoms with Gasteiger partial charge in [0.25, 0.3) is 5.91 Å². The number of carbonyl (C=O) groups excluding carboxylic acids is 1. The van der Waals surface area contributed by atoms with E-state index in [9.17, 15) is 13.6 Å². The number of halogens is 2. The van der Waals surface area contributed by atoms with Crippen LogP contribution in [-0.2, 0) is 13.1 Å². The van der Waals surface area contributed by atoms with Crippen LogP contribution < -0.4 is 16.4 Å². The lowest BCUT2D eigenvalue weighted by Crippen LogP contribution is -2.24. The number of aliphatic imine (C=N–C) groups is 1. The highest BCUT2D eigenvalue weighted by molar-refractivity contribution is 7.15. The number of thiophene rings is 1. The lowest BCUT2D eigenvalue weighted by Gasteiger charge is -2.12. The van der Waals surface area contributed by atoms with Gasteiger partial charge in [0.05, 0.1) is 12.1 Å². The number of rotatable bonds is 11. The molecule has 2 heterocycles. The van der Waals surface area contributed by atoms with Crippen LogP contribution in [0.1, 0.15) is 60.0 Å². The van der Waals surface area contributed by atoms with Crippen LogP contribution in [0.2, 0.25) is 0 Å². The van der Waals surface area contributed by atoms with Gasteiger partial charge >= 0.3 is 0 Å². The van der Waals surface area contributed by atoms with Crippen molar-refractivity contribution in [1.29, 1.82) is 0 Å². The van der Waals surface area contributed by atoms with Gasteiger partial charge in [-0.15, -0.1) is 11.3 Å². The topological polar surface area (TPSA) is 92.4 Å². The third-order valence-corrected chi connectivity index (χ3v) is 7.67. The molecule has 0 saturated heterocycles. The van der Waals surface area contributed by atoms with E-state index in [0.29, 0.717) is 23.5 Å². The Labute approximate surface area is 237 Å². The first-order chi connectivity index (χ1) is 19.3. The largest absolute Gasteiger partial charge is 0.398 e. The molecule has 0 spiro atoms. The molecule has 0 fully saturated rings. The van der Waals surface area contributed by atoms with Crippen molar-refractivity contribution in [3.05, 3.63) is 100 Å². The highest BCUT2D eigenvalue weighted by atomic mass is 32.1. The Kier molecular flexibility index (Phi) is 9.60. The van der Waals surface area contributed by atoms with E-state index < -0.39 is 11.6 Å². The van der Waals surface area contributed by atoms with Crippen molar-refractivity contribution >= 4 is 34.5 Å². The molecular weight excluding hydrogens is 528 g/mol. The van der Waals surface area contributed by atoms with Gasteiger partial charge in [-0.1, -0.05) is 26.0 Å². The maximum Gasteiger partial charge on any atom is 0.255 e. The minimum absolute atomic E-state index is 0.0596. The van der Waals surface area contributed by atoms with Gasteiger partial charge in [0.1, 0.15) is 5.82 Å². The smallest absolute Gasteiger partial charge is 0.255 e. The molecule has 4 N–H and O–H groups in total. The molecule has 1 atom stereocenters. The summed E-state index contributed by atoms with van der Waals surface area (Å²) < 4.78 is 26.7. The molecule has 0 aliphatic rings. The van der Waals surface area contributed by atoms with Crippen LogP contribution in [-0.4, -0.2) is 22.6 Å². The summed E-state index contributed by atoms with van der Waals surface area (Å²) in [5.41, 5.74) is 10.9. The quantitative estimate of drug-likeness (QED) is 0.133. The Hall–Kier alpha value is -4.11. The third kappa shape index (κ3) is 7.09. The lowest BCUT2D eigenvalue weighted by atomic mass is 10.0. The molecule has 6 nitrogen and oxygen atoms in total. The van der Waals surface area contributed by atoms with Gasteiger partial charge < -0.3 is 16.4 Å². The van der Waals surface area contributed by atoms with Crippen LogP contribution >= 0.6 is 11.3 Å². The molecule has 2 aromatic heterocycles. The summed E-state index contributed by atoms with van der Waals surface area (Å²) >= 11 is 1.64. The SMILES string of the molecule is CCC(=NC(C)CC)c1cc(-c2ccc(CNc3ncccc3C(=O)NCc3ccc(F)c(F)c3)s2)ccc1N. The Morgan fingerprint density at radius 3 is 2.60 bits per heavy atom. The average Bonchev–Trinajstić information content (AvgIpc) is 3.44. The molecular formula is C31H33F2N5OS. The second kappa shape index (κ2) is 13.3. The molecule has 40 heavy (non-hydrogen) atoms. The monoisotopic (exact) mass is 561 g/mol. The number of pyridine rings is 1. The number of hydrogen-bond acceptors (Lipinski definition) is 6. The number of carbonyl (C=O) groups is 1. The molecule has 9 heteroatoms. The first-order valence-electron chi connectivity index (χ1n) is 13.3. The molecule has 0 bridgehead atoms. The minimum atomic E-state index is -0.953. The minimum Gasteiger partial charge on any atom is -0.398 e. The summed E-state index contributed by atoms with van der Waals surface area (Å²) in [6.45, 7) is 6.86. The third-order valence-electron chi connectivity index (χ3n) is 6.53. The summed E-state index contributed by atoms with van der Waals surface area (Å²) in [7, 11) is 0. The molecule has 0 aliphatic carbocycles. The molecule has 1 unspecified atom stereocenters. The van der Waals surface area contributed by atoms with Crippen molar-refractivity contribution in [3.8, 4) is 10.4 Å². The standard InChI is InChI=1S/C31H33F2N5OS/c1-4-19(3)38-28(5-2)24-16-21(9-12-27(24)34)29-13-10-22(40-29)18-36-30-23(7-6-14-35-30)31(39)37-17-20-8-11-25(32)26(33)15-20/h6-16,19H,4-5,17-18,34H2,1-3H3,(H,35,36)(H,37,39). The summed E-state index contributed by atoms with van der Waals surface area (Å²) in [4.78, 5) is 24.2. The average molecular weight is 562 g/mol. The predicted octanol–water partition coefficient (Wildman–Crippen LogP) is 7.21. The number of hydrogen-bond donors (Lipinski definition) is 3. The summed E-state index contributed by atoms with van der Waals surface area (Å²) in [6, 6.07) is 17.3. The van der Waals surface area contributed by atoms with Gasteiger partial charge in [0.15, 0.2) is 11.6 Å². The van der Waals surface area contributed by atoms with E-state index in [1.54, 1.807) is 29.7 Å². The van der Waals surface area contributed by atoms with Gasteiger partial charge in [-0.2, -0.15) is 0 Å². The van der Waals surface area contributed by atoms with Crippen LogP contribution in [0.5, 0.6) is 0 Å². The first-order valence-corrected chi connectivity index (χ1v) is 14.1. The zero-order valence-corrected chi connectivity index (χ0v) is 23.6. The maximum absolute atomic E-state index is 13.5. The van der Waals surface area contributed by atoms with E-state index in [2.05, 4.69) is 48.5 Å². The second-order valence-electron chi connectivity index (χ2n) is 9.44.